The van der Waals surface area contributed by atoms with Gasteiger partial charge in [0.15, 0.2) is 5.79 Å². The lowest BCUT2D eigenvalue weighted by Crippen LogP contribution is -2.58. The van der Waals surface area contributed by atoms with E-state index >= 15 is 0 Å². The van der Waals surface area contributed by atoms with Gasteiger partial charge in [-0.3, -0.25) is 4.79 Å². The van der Waals surface area contributed by atoms with Crippen molar-refractivity contribution in [3.8, 4) is 0 Å². The van der Waals surface area contributed by atoms with E-state index in [1.807, 2.05) is 13.8 Å². The first-order valence-corrected chi connectivity index (χ1v) is 11.7. The molecule has 1 aliphatic heterocycles. The van der Waals surface area contributed by atoms with Crippen LogP contribution in [0.25, 0.3) is 0 Å². The van der Waals surface area contributed by atoms with E-state index in [0.29, 0.717) is 42.5 Å². The number of aliphatic hydroxyl groups is 1. The highest BCUT2D eigenvalue weighted by molar-refractivity contribution is 5.84. The van der Waals surface area contributed by atoms with Crippen LogP contribution in [0.4, 0.5) is 0 Å². The topological polar surface area (TPSA) is 55.8 Å². The van der Waals surface area contributed by atoms with E-state index in [1.165, 1.54) is 25.7 Å². The fourth-order valence-electron chi connectivity index (χ4n) is 8.61. The van der Waals surface area contributed by atoms with E-state index in [0.717, 1.165) is 19.3 Å². The first kappa shape index (κ1) is 19.5. The Kier molecular flexibility index (Phi) is 4.37. The third kappa shape index (κ3) is 2.70. The second kappa shape index (κ2) is 6.28. The van der Waals surface area contributed by atoms with Crippen molar-refractivity contribution in [3.63, 3.8) is 0 Å². The van der Waals surface area contributed by atoms with Crippen LogP contribution in [-0.2, 0) is 14.3 Å². The number of ether oxygens (including phenoxy) is 2. The molecule has 0 bridgehead atoms. The highest BCUT2D eigenvalue weighted by Crippen LogP contribution is 2.67. The molecule has 28 heavy (non-hydrogen) atoms. The van der Waals surface area contributed by atoms with Crippen LogP contribution in [0.15, 0.2) is 0 Å². The zero-order valence-corrected chi connectivity index (χ0v) is 18.1. The van der Waals surface area contributed by atoms with Gasteiger partial charge < -0.3 is 14.6 Å². The molecule has 4 heteroatoms. The van der Waals surface area contributed by atoms with Crippen molar-refractivity contribution >= 4 is 5.78 Å². The van der Waals surface area contributed by atoms with E-state index in [1.54, 1.807) is 0 Å². The van der Waals surface area contributed by atoms with Crippen LogP contribution < -0.4 is 0 Å². The quantitative estimate of drug-likeness (QED) is 0.724. The molecule has 1 saturated heterocycles. The number of fused-ring (bicyclic) bond motifs is 5. The standard InChI is InChI=1S/C24H38O4/c1-22(2)27-13-20(28-22)18-8-7-17-16-6-5-14-11-15(25)9-10-23(14,3)21(16)19(26)12-24(17,18)4/h14-18,20-21,25H,5-13H2,1-4H3/t14-,15-,16+,17-,18+,20-,21+,23+,24-/m1/s1. The minimum absolute atomic E-state index is 0.0596. The molecular formula is C24H38O4. The Labute approximate surface area is 169 Å². The Morgan fingerprint density at radius 2 is 1.71 bits per heavy atom. The second-order valence-corrected chi connectivity index (χ2v) is 11.7. The zero-order valence-electron chi connectivity index (χ0n) is 18.1. The average molecular weight is 391 g/mol. The molecule has 0 aromatic rings. The largest absolute Gasteiger partial charge is 0.393 e. The molecule has 158 valence electrons. The monoisotopic (exact) mass is 390 g/mol. The molecule has 0 spiro atoms. The lowest BCUT2D eigenvalue weighted by atomic mass is 9.44. The summed E-state index contributed by atoms with van der Waals surface area (Å²) < 4.78 is 12.2. The van der Waals surface area contributed by atoms with Crippen LogP contribution in [0.2, 0.25) is 0 Å². The minimum atomic E-state index is -0.491. The first-order chi connectivity index (χ1) is 13.1. The number of hydrogen-bond acceptors (Lipinski definition) is 4. The van der Waals surface area contributed by atoms with Crippen molar-refractivity contribution in [2.24, 2.45) is 40.4 Å². The van der Waals surface area contributed by atoms with E-state index in [2.05, 4.69) is 13.8 Å². The number of hydrogen-bond donors (Lipinski definition) is 1. The van der Waals surface area contributed by atoms with Crippen molar-refractivity contribution in [3.05, 3.63) is 0 Å². The molecule has 5 rings (SSSR count). The molecule has 0 unspecified atom stereocenters. The second-order valence-electron chi connectivity index (χ2n) is 11.7. The summed E-state index contributed by atoms with van der Waals surface area (Å²) in [6.07, 6.45) is 8.25. The van der Waals surface area contributed by atoms with Gasteiger partial charge in [0.1, 0.15) is 5.78 Å². The molecule has 4 saturated carbocycles. The third-order valence-corrected chi connectivity index (χ3v) is 9.87. The van der Waals surface area contributed by atoms with Gasteiger partial charge in [0.25, 0.3) is 0 Å². The maximum Gasteiger partial charge on any atom is 0.163 e. The summed E-state index contributed by atoms with van der Waals surface area (Å²) in [6, 6.07) is 0. The highest BCUT2D eigenvalue weighted by Gasteiger charge is 2.64. The molecule has 0 aromatic carbocycles. The summed E-state index contributed by atoms with van der Waals surface area (Å²) in [4.78, 5) is 13.7. The molecule has 1 N–H and O–H groups in total. The molecular weight excluding hydrogens is 352 g/mol. The molecule has 0 aromatic heterocycles. The van der Waals surface area contributed by atoms with Gasteiger partial charge >= 0.3 is 0 Å². The van der Waals surface area contributed by atoms with Crippen LogP contribution >= 0.6 is 0 Å². The van der Waals surface area contributed by atoms with E-state index in [9.17, 15) is 9.90 Å². The number of rotatable bonds is 1. The number of carbonyl (C=O) groups excluding carboxylic acids is 1. The maximum atomic E-state index is 13.7. The van der Waals surface area contributed by atoms with Crippen LogP contribution in [-0.4, -0.2) is 35.5 Å². The van der Waals surface area contributed by atoms with Crippen LogP contribution in [0.3, 0.4) is 0 Å². The van der Waals surface area contributed by atoms with E-state index < -0.39 is 5.79 Å². The van der Waals surface area contributed by atoms with Crippen molar-refractivity contribution < 1.29 is 19.4 Å². The van der Waals surface area contributed by atoms with Gasteiger partial charge in [0.2, 0.25) is 0 Å². The lowest BCUT2D eigenvalue weighted by Gasteiger charge is -2.60. The van der Waals surface area contributed by atoms with E-state index in [4.69, 9.17) is 9.47 Å². The number of aliphatic hydroxyl groups excluding tert-OH is 1. The molecule has 4 nitrogen and oxygen atoms in total. The smallest absolute Gasteiger partial charge is 0.163 e. The molecule has 5 aliphatic rings. The van der Waals surface area contributed by atoms with E-state index in [-0.39, 0.29) is 29.0 Å². The van der Waals surface area contributed by atoms with Gasteiger partial charge in [-0.05, 0) is 93.3 Å². The fourth-order valence-corrected chi connectivity index (χ4v) is 8.61. The minimum Gasteiger partial charge on any atom is -0.393 e. The van der Waals surface area contributed by atoms with Gasteiger partial charge in [-0.2, -0.15) is 0 Å². The van der Waals surface area contributed by atoms with Crippen LogP contribution in [0.5, 0.6) is 0 Å². The van der Waals surface area contributed by atoms with Gasteiger partial charge in [-0.25, -0.2) is 0 Å². The Bertz CT molecular complexity index is 659. The summed E-state index contributed by atoms with van der Waals surface area (Å²) >= 11 is 0. The average Bonchev–Trinajstić information content (AvgIpc) is 3.13. The molecule has 4 aliphatic carbocycles. The number of carbonyl (C=O) groups is 1. The summed E-state index contributed by atoms with van der Waals surface area (Å²) in [6.45, 7) is 9.44. The Balaban J connectivity index is 1.43. The summed E-state index contributed by atoms with van der Waals surface area (Å²) in [5.74, 6) is 2.36. The predicted octanol–water partition coefficient (Wildman–Crippen LogP) is 4.34. The molecule has 9 atom stereocenters. The SMILES string of the molecule is CC1(C)OC[C@H]([C@@H]2CC[C@@H]3[C@@H]4CC[C@@H]5C[C@H](O)CC[C@]5(C)[C@@H]4C(=O)C[C@]32C)O1. The molecule has 0 amide bonds. The lowest BCUT2D eigenvalue weighted by molar-refractivity contribution is -0.170. The van der Waals surface area contributed by atoms with Crippen molar-refractivity contribution in [1.29, 1.82) is 0 Å². The summed E-state index contributed by atoms with van der Waals surface area (Å²) in [7, 11) is 0. The highest BCUT2D eigenvalue weighted by atomic mass is 16.7. The van der Waals surface area contributed by atoms with Crippen molar-refractivity contribution in [2.75, 3.05) is 6.61 Å². The molecule has 5 fully saturated rings. The number of ketones is 1. The van der Waals surface area contributed by atoms with Gasteiger partial charge in [-0.15, -0.1) is 0 Å². The normalized spacial score (nSPS) is 55.5. The number of Topliss-reactive ketones (excluding diaryl/α,β-unsaturated/α-hetero) is 1. The van der Waals surface area contributed by atoms with Gasteiger partial charge in [0, 0.05) is 12.3 Å². The van der Waals surface area contributed by atoms with Crippen LogP contribution in [0, 0.1) is 40.4 Å². The van der Waals surface area contributed by atoms with Gasteiger partial charge in [0.05, 0.1) is 18.8 Å². The predicted molar refractivity (Wildman–Crippen MR) is 107 cm³/mol. The summed E-state index contributed by atoms with van der Waals surface area (Å²) in [5.41, 5.74) is 0.164. The summed E-state index contributed by atoms with van der Waals surface area (Å²) in [5, 5.41) is 10.2. The van der Waals surface area contributed by atoms with Crippen LogP contribution in [0.1, 0.15) is 79.1 Å². The Morgan fingerprint density at radius 3 is 2.43 bits per heavy atom. The Morgan fingerprint density at radius 1 is 0.964 bits per heavy atom. The van der Waals surface area contributed by atoms with Gasteiger partial charge in [-0.1, -0.05) is 13.8 Å². The molecule has 0 radical (unpaired) electrons. The fraction of sp³-hybridized carbons (Fsp3) is 0.958. The third-order valence-electron chi connectivity index (χ3n) is 9.87. The zero-order chi connectivity index (χ0) is 19.9. The molecule has 1 heterocycles. The first-order valence-electron chi connectivity index (χ1n) is 11.7. The van der Waals surface area contributed by atoms with Crippen molar-refractivity contribution in [1.82, 2.24) is 0 Å². The van der Waals surface area contributed by atoms with Crippen molar-refractivity contribution in [2.45, 2.75) is 97.1 Å². The maximum absolute atomic E-state index is 13.7. The Hall–Kier alpha value is -0.450.